The molecule has 166 valence electrons. The Balaban J connectivity index is 1.80. The summed E-state index contributed by atoms with van der Waals surface area (Å²) in [7, 11) is 4.03. The zero-order valence-corrected chi connectivity index (χ0v) is 19.9. The number of amides is 1. The molecule has 1 amide bonds. The molecule has 0 spiro atoms. The van der Waals surface area contributed by atoms with Crippen LogP contribution in [-0.2, 0) is 6.42 Å². The molecule has 0 N–H and O–H groups in total. The molecule has 0 saturated carbocycles. The van der Waals surface area contributed by atoms with Crippen molar-refractivity contribution < 1.29 is 9.53 Å². The molecule has 0 bridgehead atoms. The largest absolute Gasteiger partial charge is 0.494 e. The minimum atomic E-state index is -0.0332. The van der Waals surface area contributed by atoms with E-state index in [1.165, 1.54) is 18.4 Å². The van der Waals surface area contributed by atoms with Crippen molar-refractivity contribution >= 4 is 32.6 Å². The lowest BCUT2D eigenvalue weighted by atomic mass is 10.2. The van der Waals surface area contributed by atoms with Crippen molar-refractivity contribution in [2.45, 2.75) is 39.5 Å². The van der Waals surface area contributed by atoms with E-state index in [1.807, 2.05) is 44.4 Å². The molecule has 2 aromatic carbocycles. The summed E-state index contributed by atoms with van der Waals surface area (Å²) in [4.78, 5) is 22.0. The average Bonchev–Trinajstić information content (AvgIpc) is 3.19. The molecule has 0 aliphatic heterocycles. The van der Waals surface area contributed by atoms with E-state index in [9.17, 15) is 4.79 Å². The van der Waals surface area contributed by atoms with Gasteiger partial charge in [0.15, 0.2) is 5.13 Å². The lowest BCUT2D eigenvalue weighted by Crippen LogP contribution is -2.36. The Morgan fingerprint density at radius 1 is 1.03 bits per heavy atom. The predicted octanol–water partition coefficient (Wildman–Crippen LogP) is 5.64. The quantitative estimate of drug-likeness (QED) is 0.363. The number of hydrogen-bond acceptors (Lipinski definition) is 5. The van der Waals surface area contributed by atoms with Crippen LogP contribution < -0.4 is 9.64 Å². The zero-order chi connectivity index (χ0) is 22.2. The molecule has 1 aromatic heterocycles. The summed E-state index contributed by atoms with van der Waals surface area (Å²) in [5.74, 6) is 0.772. The second-order valence-electron chi connectivity index (χ2n) is 7.99. The van der Waals surface area contributed by atoms with Crippen molar-refractivity contribution in [1.82, 2.24) is 9.88 Å². The zero-order valence-electron chi connectivity index (χ0n) is 19.1. The Labute approximate surface area is 189 Å². The first-order valence-electron chi connectivity index (χ1n) is 11.1. The molecular formula is C25H33N3O2S. The van der Waals surface area contributed by atoms with E-state index >= 15 is 0 Å². The van der Waals surface area contributed by atoms with E-state index in [-0.39, 0.29) is 5.91 Å². The maximum atomic E-state index is 13.4. The molecule has 0 unspecified atom stereocenters. The van der Waals surface area contributed by atoms with Crippen molar-refractivity contribution in [1.29, 1.82) is 0 Å². The molecule has 1 heterocycles. The number of aryl methyl sites for hydroxylation is 1. The topological polar surface area (TPSA) is 45.7 Å². The van der Waals surface area contributed by atoms with Gasteiger partial charge in [-0.2, -0.15) is 0 Å². The summed E-state index contributed by atoms with van der Waals surface area (Å²) >= 11 is 1.58. The summed E-state index contributed by atoms with van der Waals surface area (Å²) in [5, 5.41) is 0.745. The van der Waals surface area contributed by atoms with E-state index in [0.29, 0.717) is 18.7 Å². The van der Waals surface area contributed by atoms with Crippen molar-refractivity contribution in [3.05, 3.63) is 53.6 Å². The van der Waals surface area contributed by atoms with Gasteiger partial charge in [-0.1, -0.05) is 44.1 Å². The van der Waals surface area contributed by atoms with Gasteiger partial charge in [0, 0.05) is 18.7 Å². The maximum absolute atomic E-state index is 13.4. The average molecular weight is 440 g/mol. The van der Waals surface area contributed by atoms with E-state index < -0.39 is 0 Å². The van der Waals surface area contributed by atoms with E-state index in [0.717, 1.165) is 40.5 Å². The van der Waals surface area contributed by atoms with Crippen LogP contribution in [0.3, 0.4) is 0 Å². The van der Waals surface area contributed by atoms with Gasteiger partial charge in [-0.25, -0.2) is 4.98 Å². The second kappa shape index (κ2) is 11.3. The van der Waals surface area contributed by atoms with Crippen LogP contribution >= 0.6 is 11.3 Å². The Morgan fingerprint density at radius 3 is 2.48 bits per heavy atom. The smallest absolute Gasteiger partial charge is 0.260 e. The van der Waals surface area contributed by atoms with Crippen LogP contribution in [0.4, 0.5) is 5.13 Å². The molecule has 6 heteroatoms. The molecule has 5 nitrogen and oxygen atoms in total. The number of hydrogen-bond donors (Lipinski definition) is 0. The van der Waals surface area contributed by atoms with Gasteiger partial charge in [0.2, 0.25) is 0 Å². The summed E-state index contributed by atoms with van der Waals surface area (Å²) < 4.78 is 6.91. The van der Waals surface area contributed by atoms with Crippen LogP contribution in [-0.4, -0.2) is 49.6 Å². The fourth-order valence-corrected chi connectivity index (χ4v) is 4.32. The number of carbonyl (C=O) groups is 1. The summed E-state index contributed by atoms with van der Waals surface area (Å²) in [6.45, 7) is 6.38. The highest BCUT2D eigenvalue weighted by Crippen LogP contribution is 2.31. The van der Waals surface area contributed by atoms with Gasteiger partial charge in [-0.05, 0) is 68.9 Å². The van der Waals surface area contributed by atoms with Gasteiger partial charge in [0.25, 0.3) is 5.91 Å². The molecule has 3 aromatic rings. The van der Waals surface area contributed by atoms with Crippen LogP contribution in [0.25, 0.3) is 10.2 Å². The first-order valence-corrected chi connectivity index (χ1v) is 11.9. The Morgan fingerprint density at radius 2 is 1.81 bits per heavy atom. The van der Waals surface area contributed by atoms with Gasteiger partial charge in [0.1, 0.15) is 5.75 Å². The second-order valence-corrected chi connectivity index (χ2v) is 9.00. The highest BCUT2D eigenvalue weighted by atomic mass is 32.1. The maximum Gasteiger partial charge on any atom is 0.260 e. The Bertz CT molecular complexity index is 982. The van der Waals surface area contributed by atoms with Crippen LogP contribution in [0.1, 0.15) is 49.0 Å². The number of unbranched alkanes of at least 4 members (excludes halogenated alkanes) is 2. The highest BCUT2D eigenvalue weighted by molar-refractivity contribution is 7.22. The lowest BCUT2D eigenvalue weighted by Gasteiger charge is -2.22. The van der Waals surface area contributed by atoms with E-state index in [2.05, 4.69) is 30.9 Å². The molecule has 0 aliphatic rings. The van der Waals surface area contributed by atoms with Crippen LogP contribution in [0.15, 0.2) is 42.5 Å². The highest BCUT2D eigenvalue weighted by Gasteiger charge is 2.21. The molecule has 0 fully saturated rings. The number of fused-ring (bicyclic) bond motifs is 1. The fourth-order valence-electron chi connectivity index (χ4n) is 3.27. The summed E-state index contributed by atoms with van der Waals surface area (Å²) in [6, 6.07) is 13.8. The third-order valence-electron chi connectivity index (χ3n) is 5.21. The number of ether oxygens (including phenoxy) is 1. The van der Waals surface area contributed by atoms with Gasteiger partial charge in [-0.15, -0.1) is 0 Å². The number of thiazole rings is 1. The number of nitrogens with zero attached hydrogens (tertiary/aromatic N) is 3. The van der Waals surface area contributed by atoms with Crippen molar-refractivity contribution in [2.24, 2.45) is 0 Å². The molecule has 31 heavy (non-hydrogen) atoms. The monoisotopic (exact) mass is 439 g/mol. The fraction of sp³-hybridized carbons (Fsp3) is 0.440. The van der Waals surface area contributed by atoms with Crippen molar-refractivity contribution in [2.75, 3.05) is 38.7 Å². The third-order valence-corrected chi connectivity index (χ3v) is 6.26. The number of aromatic nitrogens is 1. The van der Waals surface area contributed by atoms with Gasteiger partial charge in [0.05, 0.1) is 16.8 Å². The number of likely N-dealkylation sites (N-methyl/N-ethyl adjacent to an activating group) is 1. The molecule has 3 rings (SSSR count). The molecule has 0 aliphatic carbocycles. The van der Waals surface area contributed by atoms with E-state index in [4.69, 9.17) is 9.72 Å². The summed E-state index contributed by atoms with van der Waals surface area (Å²) in [6.07, 6.45) is 4.37. The number of benzene rings is 2. The number of anilines is 1. The lowest BCUT2D eigenvalue weighted by molar-refractivity contribution is 0.0985. The summed E-state index contributed by atoms with van der Waals surface area (Å²) in [5.41, 5.74) is 2.87. The van der Waals surface area contributed by atoms with Gasteiger partial charge < -0.3 is 9.64 Å². The van der Waals surface area contributed by atoms with Crippen molar-refractivity contribution in [3.63, 3.8) is 0 Å². The third kappa shape index (κ3) is 6.28. The number of rotatable bonds is 11. The van der Waals surface area contributed by atoms with Crippen LogP contribution in [0.5, 0.6) is 5.75 Å². The molecular weight excluding hydrogens is 406 g/mol. The Hall–Kier alpha value is -2.44. The van der Waals surface area contributed by atoms with Crippen LogP contribution in [0.2, 0.25) is 0 Å². The van der Waals surface area contributed by atoms with Gasteiger partial charge >= 0.3 is 0 Å². The molecule has 0 radical (unpaired) electrons. The minimum Gasteiger partial charge on any atom is -0.494 e. The molecule has 0 saturated heterocycles. The van der Waals surface area contributed by atoms with Crippen molar-refractivity contribution in [3.8, 4) is 5.75 Å². The SMILES string of the molecule is CCCCCOc1ccc(C(=O)N(CCN(C)C)c2nc3ccc(CC)cc3s2)cc1. The first-order chi connectivity index (χ1) is 15.0. The van der Waals surface area contributed by atoms with Gasteiger partial charge in [-0.3, -0.25) is 9.69 Å². The predicted molar refractivity (Wildman–Crippen MR) is 131 cm³/mol. The minimum absolute atomic E-state index is 0.0332. The number of carbonyl (C=O) groups excluding carboxylic acids is 1. The normalized spacial score (nSPS) is 11.3. The molecule has 0 atom stereocenters. The van der Waals surface area contributed by atoms with Crippen LogP contribution in [0, 0.1) is 0 Å². The standard InChI is InChI=1S/C25H33N3O2S/c1-5-7-8-17-30-21-12-10-20(11-13-21)24(29)28(16-15-27(3)4)25-26-22-14-9-19(6-2)18-23(22)31-25/h9-14,18H,5-8,15-17H2,1-4H3. The first kappa shape index (κ1) is 23.2. The van der Waals surface area contributed by atoms with E-state index in [1.54, 1.807) is 16.2 Å². The Kier molecular flexibility index (Phi) is 8.43.